The number of hydrogen-bond donors (Lipinski definition) is 0. The van der Waals surface area contributed by atoms with Crippen molar-refractivity contribution in [2.24, 2.45) is 0 Å². The van der Waals surface area contributed by atoms with Crippen LogP contribution in [0.15, 0.2) is 27.6 Å². The van der Waals surface area contributed by atoms with Crippen molar-refractivity contribution in [3.05, 3.63) is 28.2 Å². The van der Waals surface area contributed by atoms with Gasteiger partial charge in [0, 0.05) is 14.6 Å². The van der Waals surface area contributed by atoms with E-state index in [2.05, 4.69) is 41.1 Å². The van der Waals surface area contributed by atoms with Crippen molar-refractivity contribution in [2.45, 2.75) is 23.5 Å². The number of benzene rings is 1. The molecule has 1 aliphatic heterocycles. The van der Waals surface area contributed by atoms with Gasteiger partial charge in [-0.15, -0.1) is 11.8 Å². The van der Waals surface area contributed by atoms with Crippen molar-refractivity contribution >= 4 is 27.7 Å². The summed E-state index contributed by atoms with van der Waals surface area (Å²) in [5.74, 6) is 0. The molecule has 0 amide bonds. The third-order valence-corrected chi connectivity index (χ3v) is 3.56. The standard InChI is InChI=1S/C9H9BrS/c1-6-4-7-2-3-8(10)5-9(7)11-6/h2-3,5-6H,4H2,1H3. The monoisotopic (exact) mass is 228 g/mol. The van der Waals surface area contributed by atoms with Crippen LogP contribution in [0, 0.1) is 0 Å². The van der Waals surface area contributed by atoms with Crippen LogP contribution < -0.4 is 0 Å². The second-order valence-electron chi connectivity index (χ2n) is 2.88. The van der Waals surface area contributed by atoms with E-state index in [0.717, 1.165) is 5.25 Å². The van der Waals surface area contributed by atoms with Gasteiger partial charge in [-0.05, 0) is 24.1 Å². The molecule has 0 spiro atoms. The molecule has 2 rings (SSSR count). The summed E-state index contributed by atoms with van der Waals surface area (Å²) in [5, 5.41) is 0.763. The van der Waals surface area contributed by atoms with E-state index >= 15 is 0 Å². The third kappa shape index (κ3) is 1.47. The highest BCUT2D eigenvalue weighted by molar-refractivity contribution is 9.10. The summed E-state index contributed by atoms with van der Waals surface area (Å²) in [4.78, 5) is 1.45. The van der Waals surface area contributed by atoms with Gasteiger partial charge in [0.25, 0.3) is 0 Å². The number of rotatable bonds is 0. The molecular weight excluding hydrogens is 220 g/mol. The predicted octanol–water partition coefficient (Wildman–Crippen LogP) is 3.49. The Morgan fingerprint density at radius 1 is 1.55 bits per heavy atom. The molecule has 1 aromatic rings. The molecule has 11 heavy (non-hydrogen) atoms. The molecule has 0 fully saturated rings. The van der Waals surface area contributed by atoms with Gasteiger partial charge in [0.15, 0.2) is 0 Å². The van der Waals surface area contributed by atoms with Crippen LogP contribution in [0.3, 0.4) is 0 Å². The Labute approximate surface area is 79.5 Å². The molecule has 0 radical (unpaired) electrons. The van der Waals surface area contributed by atoms with E-state index in [1.165, 1.54) is 21.4 Å². The predicted molar refractivity (Wildman–Crippen MR) is 53.2 cm³/mol. The first-order valence-electron chi connectivity index (χ1n) is 3.71. The summed E-state index contributed by atoms with van der Waals surface area (Å²) >= 11 is 5.45. The molecule has 0 nitrogen and oxygen atoms in total. The molecule has 1 atom stereocenters. The van der Waals surface area contributed by atoms with Crippen LogP contribution in [0.4, 0.5) is 0 Å². The minimum Gasteiger partial charge on any atom is -0.122 e. The van der Waals surface area contributed by atoms with Crippen molar-refractivity contribution in [2.75, 3.05) is 0 Å². The first-order valence-corrected chi connectivity index (χ1v) is 5.38. The smallest absolute Gasteiger partial charge is 0.0186 e. The number of fused-ring (bicyclic) bond motifs is 1. The Morgan fingerprint density at radius 2 is 2.36 bits per heavy atom. The van der Waals surface area contributed by atoms with Crippen LogP contribution in [0.1, 0.15) is 12.5 Å². The van der Waals surface area contributed by atoms with Crippen LogP contribution in [0.25, 0.3) is 0 Å². The first-order chi connectivity index (χ1) is 5.25. The zero-order valence-electron chi connectivity index (χ0n) is 6.30. The average Bonchev–Trinajstić information content (AvgIpc) is 2.27. The largest absolute Gasteiger partial charge is 0.122 e. The van der Waals surface area contributed by atoms with Crippen LogP contribution >= 0.6 is 27.7 Å². The highest BCUT2D eigenvalue weighted by Gasteiger charge is 2.17. The van der Waals surface area contributed by atoms with E-state index in [1.54, 1.807) is 0 Å². The Balaban J connectivity index is 2.43. The molecule has 0 bridgehead atoms. The number of halogens is 1. The van der Waals surface area contributed by atoms with Gasteiger partial charge in [0.1, 0.15) is 0 Å². The summed E-state index contributed by atoms with van der Waals surface area (Å²) in [7, 11) is 0. The van der Waals surface area contributed by atoms with E-state index in [1.807, 2.05) is 11.8 Å². The minimum absolute atomic E-state index is 0.763. The van der Waals surface area contributed by atoms with Crippen molar-refractivity contribution < 1.29 is 0 Å². The Hall–Kier alpha value is 0.0500. The van der Waals surface area contributed by atoms with Crippen molar-refractivity contribution in [1.29, 1.82) is 0 Å². The second kappa shape index (κ2) is 2.83. The summed E-state index contributed by atoms with van der Waals surface area (Å²) in [6.07, 6.45) is 1.23. The molecule has 2 heteroatoms. The minimum atomic E-state index is 0.763. The fourth-order valence-corrected chi connectivity index (χ4v) is 3.08. The van der Waals surface area contributed by atoms with Gasteiger partial charge < -0.3 is 0 Å². The molecule has 0 aliphatic carbocycles. The summed E-state index contributed by atoms with van der Waals surface area (Å²) in [6, 6.07) is 6.55. The van der Waals surface area contributed by atoms with Crippen LogP contribution in [-0.4, -0.2) is 5.25 Å². The van der Waals surface area contributed by atoms with E-state index in [4.69, 9.17) is 0 Å². The van der Waals surface area contributed by atoms with Crippen molar-refractivity contribution in [3.8, 4) is 0 Å². The SMILES string of the molecule is CC1Cc2ccc(Br)cc2S1. The fourth-order valence-electron chi connectivity index (χ4n) is 1.37. The maximum atomic E-state index is 3.47. The van der Waals surface area contributed by atoms with Gasteiger partial charge >= 0.3 is 0 Å². The molecule has 1 heterocycles. The summed E-state index contributed by atoms with van der Waals surface area (Å²) in [6.45, 7) is 2.28. The lowest BCUT2D eigenvalue weighted by Gasteiger charge is -1.96. The van der Waals surface area contributed by atoms with E-state index in [-0.39, 0.29) is 0 Å². The molecule has 0 saturated carbocycles. The molecule has 0 saturated heterocycles. The van der Waals surface area contributed by atoms with E-state index in [0.29, 0.717) is 0 Å². The first kappa shape index (κ1) is 7.69. The van der Waals surface area contributed by atoms with Gasteiger partial charge in [0.2, 0.25) is 0 Å². The Morgan fingerprint density at radius 3 is 3.18 bits per heavy atom. The number of hydrogen-bond acceptors (Lipinski definition) is 1. The molecule has 1 aromatic carbocycles. The van der Waals surface area contributed by atoms with Crippen molar-refractivity contribution in [3.63, 3.8) is 0 Å². The zero-order valence-corrected chi connectivity index (χ0v) is 8.71. The lowest BCUT2D eigenvalue weighted by atomic mass is 10.1. The van der Waals surface area contributed by atoms with E-state index in [9.17, 15) is 0 Å². The van der Waals surface area contributed by atoms with Crippen LogP contribution in [-0.2, 0) is 6.42 Å². The maximum absolute atomic E-state index is 3.47. The molecular formula is C9H9BrS. The normalized spacial score (nSPS) is 21.8. The van der Waals surface area contributed by atoms with Gasteiger partial charge in [-0.25, -0.2) is 0 Å². The molecule has 1 aliphatic rings. The number of thioether (sulfide) groups is 1. The fraction of sp³-hybridized carbons (Fsp3) is 0.333. The van der Waals surface area contributed by atoms with Crippen LogP contribution in [0.2, 0.25) is 0 Å². The van der Waals surface area contributed by atoms with Gasteiger partial charge in [0.05, 0.1) is 0 Å². The molecule has 0 aromatic heterocycles. The van der Waals surface area contributed by atoms with Crippen molar-refractivity contribution in [1.82, 2.24) is 0 Å². The Kier molecular flexibility index (Phi) is 1.98. The van der Waals surface area contributed by atoms with Gasteiger partial charge in [-0.1, -0.05) is 28.9 Å². The summed E-state index contributed by atoms with van der Waals surface area (Å²) in [5.41, 5.74) is 1.51. The Bertz CT molecular complexity index is 283. The van der Waals surface area contributed by atoms with E-state index < -0.39 is 0 Å². The van der Waals surface area contributed by atoms with Gasteiger partial charge in [-0.2, -0.15) is 0 Å². The molecule has 1 unspecified atom stereocenters. The molecule has 58 valence electrons. The average molecular weight is 229 g/mol. The maximum Gasteiger partial charge on any atom is 0.0186 e. The zero-order chi connectivity index (χ0) is 7.84. The molecule has 0 N–H and O–H groups in total. The highest BCUT2D eigenvalue weighted by Crippen LogP contribution is 2.37. The van der Waals surface area contributed by atoms with Crippen LogP contribution in [0.5, 0.6) is 0 Å². The summed E-state index contributed by atoms with van der Waals surface area (Å²) < 4.78 is 1.19. The van der Waals surface area contributed by atoms with Gasteiger partial charge in [-0.3, -0.25) is 0 Å². The third-order valence-electron chi connectivity index (χ3n) is 1.86. The topological polar surface area (TPSA) is 0 Å². The second-order valence-corrected chi connectivity index (χ2v) is 5.28. The highest BCUT2D eigenvalue weighted by atomic mass is 79.9. The lowest BCUT2D eigenvalue weighted by molar-refractivity contribution is 0.959. The quantitative estimate of drug-likeness (QED) is 0.656. The lowest BCUT2D eigenvalue weighted by Crippen LogP contribution is -1.90.